The number of benzene rings is 1. The van der Waals surface area contributed by atoms with Gasteiger partial charge < -0.3 is 9.08 Å². The Morgan fingerprint density at radius 1 is 1.04 bits per heavy atom. The molecule has 0 saturated carbocycles. The molecule has 0 spiro atoms. The number of nitrogens with zero attached hydrogens (tertiary/aromatic N) is 4. The molecule has 0 radical (unpaired) electrons. The number of anilines is 1. The van der Waals surface area contributed by atoms with Gasteiger partial charge in [-0.1, -0.05) is 17.7 Å². The van der Waals surface area contributed by atoms with Crippen LogP contribution in [0.15, 0.2) is 29.2 Å². The van der Waals surface area contributed by atoms with E-state index in [9.17, 15) is 18.5 Å². The average Bonchev–Trinajstić information content (AvgIpc) is 2.53. The largest absolute Gasteiger partial charge is 0.374 e. The van der Waals surface area contributed by atoms with E-state index in [0.29, 0.717) is 0 Å². The van der Waals surface area contributed by atoms with Gasteiger partial charge in [-0.2, -0.15) is 13.4 Å². The van der Waals surface area contributed by atoms with Crippen LogP contribution in [0.25, 0.3) is 0 Å². The van der Waals surface area contributed by atoms with E-state index in [1.165, 1.54) is 19.1 Å². The predicted octanol–water partition coefficient (Wildman–Crippen LogP) is 3.39. The van der Waals surface area contributed by atoms with E-state index in [-0.39, 0.29) is 28.6 Å². The highest BCUT2D eigenvalue weighted by atomic mass is 32.2. The minimum atomic E-state index is -4.30. The van der Waals surface area contributed by atoms with Gasteiger partial charge in [0.05, 0.1) is 4.92 Å². The zero-order valence-corrected chi connectivity index (χ0v) is 17.5. The third kappa shape index (κ3) is 4.56. The molecule has 0 bridgehead atoms. The second-order valence-electron chi connectivity index (χ2n) is 6.95. The molecular formula is C18H24N4O5S. The highest BCUT2D eigenvalue weighted by Gasteiger charge is 2.34. The van der Waals surface area contributed by atoms with E-state index in [1.54, 1.807) is 17.0 Å². The van der Waals surface area contributed by atoms with Gasteiger partial charge in [0.2, 0.25) is 5.82 Å². The first-order valence-electron chi connectivity index (χ1n) is 8.76. The van der Waals surface area contributed by atoms with Crippen LogP contribution in [0.3, 0.4) is 0 Å². The Labute approximate surface area is 164 Å². The Balaban J connectivity index is 2.64. The lowest BCUT2D eigenvalue weighted by atomic mass is 10.2. The van der Waals surface area contributed by atoms with Crippen molar-refractivity contribution in [2.75, 3.05) is 4.90 Å². The summed E-state index contributed by atoms with van der Waals surface area (Å²) in [4.78, 5) is 20.8. The molecule has 28 heavy (non-hydrogen) atoms. The molecule has 0 fully saturated rings. The maximum Gasteiger partial charge on any atom is 0.374 e. The van der Waals surface area contributed by atoms with Crippen molar-refractivity contribution in [3.8, 4) is 5.88 Å². The van der Waals surface area contributed by atoms with E-state index in [2.05, 4.69) is 9.97 Å². The van der Waals surface area contributed by atoms with Gasteiger partial charge in [-0.3, -0.25) is 10.1 Å². The lowest BCUT2D eigenvalue weighted by Gasteiger charge is -2.31. The molecule has 2 rings (SSSR count). The Hall–Kier alpha value is -2.75. The third-order valence-corrected chi connectivity index (χ3v) is 5.21. The van der Waals surface area contributed by atoms with Crippen molar-refractivity contribution >= 4 is 21.6 Å². The first-order valence-corrected chi connectivity index (χ1v) is 10.2. The van der Waals surface area contributed by atoms with Crippen LogP contribution in [-0.4, -0.2) is 35.4 Å². The maximum atomic E-state index is 12.6. The molecule has 0 atom stereocenters. The van der Waals surface area contributed by atoms with Crippen molar-refractivity contribution in [3.05, 3.63) is 45.8 Å². The van der Waals surface area contributed by atoms with Crippen LogP contribution in [0.1, 0.15) is 39.1 Å². The quantitative estimate of drug-likeness (QED) is 0.389. The lowest BCUT2D eigenvalue weighted by molar-refractivity contribution is -0.385. The second-order valence-corrected chi connectivity index (χ2v) is 8.50. The molecule has 0 aliphatic carbocycles. The van der Waals surface area contributed by atoms with Crippen LogP contribution >= 0.6 is 0 Å². The SMILES string of the molecule is Cc1ccc(S(=O)(=O)Oc2nc(C)nc(N(C(C)C)C(C)C)c2[N+](=O)[O-])cc1. The Morgan fingerprint density at radius 3 is 2.04 bits per heavy atom. The summed E-state index contributed by atoms with van der Waals surface area (Å²) in [5.41, 5.74) is 0.290. The van der Waals surface area contributed by atoms with Crippen LogP contribution in [0, 0.1) is 24.0 Å². The fourth-order valence-electron chi connectivity index (χ4n) is 2.87. The van der Waals surface area contributed by atoms with Crippen LogP contribution in [0.5, 0.6) is 5.88 Å². The summed E-state index contributed by atoms with van der Waals surface area (Å²) < 4.78 is 30.4. The van der Waals surface area contributed by atoms with Crippen molar-refractivity contribution in [2.45, 2.75) is 58.5 Å². The van der Waals surface area contributed by atoms with Crippen LogP contribution in [0.4, 0.5) is 11.5 Å². The monoisotopic (exact) mass is 408 g/mol. The number of hydrogen-bond donors (Lipinski definition) is 0. The number of hydrogen-bond acceptors (Lipinski definition) is 8. The number of aromatic nitrogens is 2. The molecule has 2 aromatic rings. The topological polar surface area (TPSA) is 116 Å². The molecule has 0 saturated heterocycles. The first kappa shape index (κ1) is 21.5. The summed E-state index contributed by atoms with van der Waals surface area (Å²) in [6.07, 6.45) is 0. The summed E-state index contributed by atoms with van der Waals surface area (Å²) in [7, 11) is -4.30. The molecule has 1 heterocycles. The van der Waals surface area contributed by atoms with Gasteiger partial charge in [-0.25, -0.2) is 4.98 Å². The van der Waals surface area contributed by atoms with Gasteiger partial charge in [-0.05, 0) is 53.7 Å². The summed E-state index contributed by atoms with van der Waals surface area (Å²) in [6.45, 7) is 10.8. The molecule has 0 amide bonds. The molecule has 1 aromatic heterocycles. The molecule has 1 aromatic carbocycles. The average molecular weight is 408 g/mol. The molecule has 0 aliphatic heterocycles. The predicted molar refractivity (Wildman–Crippen MR) is 105 cm³/mol. The summed E-state index contributed by atoms with van der Waals surface area (Å²) in [5.74, 6) is -0.406. The standard InChI is InChI=1S/C18H24N4O5S/c1-11(2)21(12(3)4)17-16(22(23)24)18(20-14(6)19-17)27-28(25,26)15-9-7-13(5)8-10-15/h7-12H,1-6H3. The molecule has 152 valence electrons. The fraction of sp³-hybridized carbons (Fsp3) is 0.444. The zero-order chi connectivity index (χ0) is 21.2. The lowest BCUT2D eigenvalue weighted by Crippen LogP contribution is -2.38. The molecule has 0 unspecified atom stereocenters. The van der Waals surface area contributed by atoms with Gasteiger partial charge in [0.1, 0.15) is 10.7 Å². The molecule has 9 nitrogen and oxygen atoms in total. The minimum Gasteiger partial charge on any atom is -0.350 e. The molecular weight excluding hydrogens is 384 g/mol. The van der Waals surface area contributed by atoms with Crippen molar-refractivity contribution in [1.29, 1.82) is 0 Å². The Morgan fingerprint density at radius 2 is 1.57 bits per heavy atom. The number of aryl methyl sites for hydroxylation is 2. The van der Waals surface area contributed by atoms with Gasteiger partial charge in [0.25, 0.3) is 0 Å². The van der Waals surface area contributed by atoms with Crippen molar-refractivity contribution < 1.29 is 17.5 Å². The van der Waals surface area contributed by atoms with Gasteiger partial charge in [-0.15, -0.1) is 0 Å². The minimum absolute atomic E-state index is 0.0246. The smallest absolute Gasteiger partial charge is 0.350 e. The van der Waals surface area contributed by atoms with E-state index < -0.39 is 26.6 Å². The normalized spacial score (nSPS) is 11.7. The highest BCUT2D eigenvalue weighted by Crippen LogP contribution is 2.37. The van der Waals surface area contributed by atoms with Gasteiger partial charge >= 0.3 is 21.7 Å². The van der Waals surface area contributed by atoms with E-state index in [0.717, 1.165) is 5.56 Å². The summed E-state index contributed by atoms with van der Waals surface area (Å²) in [6, 6.07) is 5.74. The van der Waals surface area contributed by atoms with Crippen LogP contribution in [0.2, 0.25) is 0 Å². The van der Waals surface area contributed by atoms with Crippen molar-refractivity contribution in [1.82, 2.24) is 9.97 Å². The zero-order valence-electron chi connectivity index (χ0n) is 16.7. The maximum absolute atomic E-state index is 12.6. The first-order chi connectivity index (χ1) is 12.9. The van der Waals surface area contributed by atoms with Gasteiger partial charge in [0, 0.05) is 12.1 Å². The summed E-state index contributed by atoms with van der Waals surface area (Å²) in [5, 5.41) is 11.8. The molecule has 10 heteroatoms. The van der Waals surface area contributed by atoms with E-state index in [4.69, 9.17) is 4.18 Å². The van der Waals surface area contributed by atoms with E-state index in [1.807, 2.05) is 34.6 Å². The van der Waals surface area contributed by atoms with Crippen LogP contribution < -0.4 is 9.08 Å². The number of rotatable bonds is 7. The summed E-state index contributed by atoms with van der Waals surface area (Å²) >= 11 is 0. The molecule has 0 aliphatic rings. The number of nitro groups is 1. The van der Waals surface area contributed by atoms with Gasteiger partial charge in [0.15, 0.2) is 0 Å². The van der Waals surface area contributed by atoms with Crippen LogP contribution in [-0.2, 0) is 10.1 Å². The highest BCUT2D eigenvalue weighted by molar-refractivity contribution is 7.87. The van der Waals surface area contributed by atoms with Crippen molar-refractivity contribution in [2.24, 2.45) is 0 Å². The Bertz CT molecular complexity index is 964. The second kappa shape index (κ2) is 8.09. The Kier molecular flexibility index (Phi) is 6.23. The third-order valence-electron chi connectivity index (χ3n) is 3.98. The van der Waals surface area contributed by atoms with Crippen molar-refractivity contribution in [3.63, 3.8) is 0 Å². The molecule has 0 N–H and O–H groups in total. The van der Waals surface area contributed by atoms with E-state index >= 15 is 0 Å². The fourth-order valence-corrected chi connectivity index (χ4v) is 3.76.